The van der Waals surface area contributed by atoms with E-state index in [2.05, 4.69) is 10.1 Å². The molecule has 1 aromatic heterocycles. The van der Waals surface area contributed by atoms with Crippen molar-refractivity contribution in [3.05, 3.63) is 11.6 Å². The summed E-state index contributed by atoms with van der Waals surface area (Å²) >= 11 is 0. The monoisotopic (exact) mass is 401 g/mol. The van der Waals surface area contributed by atoms with Crippen LogP contribution in [0.1, 0.15) is 63.0 Å². The van der Waals surface area contributed by atoms with Crippen molar-refractivity contribution in [2.45, 2.75) is 77.8 Å². The Morgan fingerprint density at radius 2 is 1.83 bits per heavy atom. The fourth-order valence-electron chi connectivity index (χ4n) is 5.74. The number of fused-ring (bicyclic) bond motifs is 1. The normalized spacial score (nSPS) is 27.3. The molecule has 2 aliphatic carbocycles. The zero-order valence-corrected chi connectivity index (χ0v) is 18.1. The van der Waals surface area contributed by atoms with Gasteiger partial charge in [0, 0.05) is 32.6 Å². The van der Waals surface area contributed by atoms with Crippen molar-refractivity contribution >= 4 is 11.8 Å². The molecule has 0 aromatic carbocycles. The van der Waals surface area contributed by atoms with E-state index in [9.17, 15) is 9.59 Å². The highest BCUT2D eigenvalue weighted by molar-refractivity contribution is 5.77. The molecule has 0 spiro atoms. The predicted octanol–water partition coefficient (Wildman–Crippen LogP) is 2.56. The number of rotatable bonds is 5. The molecule has 0 unspecified atom stereocenters. The molecule has 2 heterocycles. The molecule has 1 aromatic rings. The molecule has 0 N–H and O–H groups in total. The maximum Gasteiger partial charge on any atom is 0.244 e. The third-order valence-electron chi connectivity index (χ3n) is 7.52. The smallest absolute Gasteiger partial charge is 0.244 e. The first-order valence-electron chi connectivity index (χ1n) is 11.3. The summed E-state index contributed by atoms with van der Waals surface area (Å²) in [4.78, 5) is 33.9. The van der Waals surface area contributed by atoms with E-state index in [4.69, 9.17) is 0 Å². The SMILES string of the molecule is Cc1nc(C)n(CC(=O)N2CC[C@@H]3C[C@H](N(C)C(=O)CC4CCCC4)C[C@@H]3C2)n1. The molecule has 7 nitrogen and oxygen atoms in total. The number of hydrogen-bond donors (Lipinski definition) is 0. The van der Waals surface area contributed by atoms with Crippen LogP contribution in [0, 0.1) is 31.6 Å². The van der Waals surface area contributed by atoms with Crippen LogP contribution in [0.2, 0.25) is 0 Å². The van der Waals surface area contributed by atoms with Gasteiger partial charge in [0.25, 0.3) is 0 Å². The highest BCUT2D eigenvalue weighted by Gasteiger charge is 2.41. The molecule has 1 saturated heterocycles. The second-order valence-corrected chi connectivity index (χ2v) is 9.50. The van der Waals surface area contributed by atoms with Crippen molar-refractivity contribution in [3.63, 3.8) is 0 Å². The highest BCUT2D eigenvalue weighted by atomic mass is 16.2. The van der Waals surface area contributed by atoms with Crippen LogP contribution in [0.5, 0.6) is 0 Å². The van der Waals surface area contributed by atoms with Gasteiger partial charge in [0.05, 0.1) is 0 Å². The Morgan fingerprint density at radius 3 is 2.52 bits per heavy atom. The Kier molecular flexibility index (Phi) is 5.93. The minimum atomic E-state index is 0.130. The highest BCUT2D eigenvalue weighted by Crippen LogP contribution is 2.40. The first-order valence-corrected chi connectivity index (χ1v) is 11.3. The maximum atomic E-state index is 12.8. The van der Waals surface area contributed by atoms with Gasteiger partial charge in [0.1, 0.15) is 18.2 Å². The van der Waals surface area contributed by atoms with Gasteiger partial charge in [-0.2, -0.15) is 5.10 Å². The molecule has 3 atom stereocenters. The molecule has 29 heavy (non-hydrogen) atoms. The van der Waals surface area contributed by atoms with E-state index in [1.54, 1.807) is 4.68 Å². The van der Waals surface area contributed by atoms with Gasteiger partial charge < -0.3 is 9.80 Å². The van der Waals surface area contributed by atoms with E-state index in [1.165, 1.54) is 25.7 Å². The third kappa shape index (κ3) is 4.48. The molecule has 3 fully saturated rings. The van der Waals surface area contributed by atoms with Gasteiger partial charge in [-0.3, -0.25) is 9.59 Å². The molecule has 7 heteroatoms. The summed E-state index contributed by atoms with van der Waals surface area (Å²) in [6.07, 6.45) is 8.91. The zero-order valence-electron chi connectivity index (χ0n) is 18.1. The van der Waals surface area contributed by atoms with Crippen LogP contribution in [0.25, 0.3) is 0 Å². The van der Waals surface area contributed by atoms with Gasteiger partial charge in [0.2, 0.25) is 11.8 Å². The fraction of sp³-hybridized carbons (Fsp3) is 0.818. The lowest BCUT2D eigenvalue weighted by Gasteiger charge is -2.35. The van der Waals surface area contributed by atoms with Crippen LogP contribution < -0.4 is 0 Å². The van der Waals surface area contributed by atoms with Crippen LogP contribution in [0.3, 0.4) is 0 Å². The molecule has 1 aliphatic heterocycles. The first kappa shape index (κ1) is 20.4. The molecule has 0 radical (unpaired) electrons. The largest absolute Gasteiger partial charge is 0.343 e. The van der Waals surface area contributed by atoms with Gasteiger partial charge in [-0.05, 0) is 63.7 Å². The second kappa shape index (κ2) is 8.44. The van der Waals surface area contributed by atoms with Gasteiger partial charge in [0.15, 0.2) is 0 Å². The van der Waals surface area contributed by atoms with Gasteiger partial charge in [-0.1, -0.05) is 12.8 Å². The summed E-state index contributed by atoms with van der Waals surface area (Å²) in [5.41, 5.74) is 0. The summed E-state index contributed by atoms with van der Waals surface area (Å²) in [6, 6.07) is 0.342. The van der Waals surface area contributed by atoms with E-state index >= 15 is 0 Å². The van der Waals surface area contributed by atoms with E-state index in [0.29, 0.717) is 35.5 Å². The van der Waals surface area contributed by atoms with Gasteiger partial charge in [-0.25, -0.2) is 9.67 Å². The van der Waals surface area contributed by atoms with Crippen molar-refractivity contribution in [2.75, 3.05) is 20.1 Å². The Morgan fingerprint density at radius 1 is 1.10 bits per heavy atom. The number of amides is 2. The lowest BCUT2D eigenvalue weighted by atomic mass is 9.89. The minimum Gasteiger partial charge on any atom is -0.343 e. The molecular formula is C22H35N5O2. The van der Waals surface area contributed by atoms with Crippen LogP contribution in [-0.2, 0) is 16.1 Å². The number of hydrogen-bond acceptors (Lipinski definition) is 4. The van der Waals surface area contributed by atoms with Crippen molar-refractivity contribution in [3.8, 4) is 0 Å². The summed E-state index contributed by atoms with van der Waals surface area (Å²) in [5.74, 6) is 3.70. The van der Waals surface area contributed by atoms with Crippen LogP contribution >= 0.6 is 0 Å². The van der Waals surface area contributed by atoms with Crippen LogP contribution in [0.15, 0.2) is 0 Å². The van der Waals surface area contributed by atoms with Crippen molar-refractivity contribution < 1.29 is 9.59 Å². The Balaban J connectivity index is 1.30. The van der Waals surface area contributed by atoms with E-state index in [1.807, 2.05) is 30.7 Å². The topological polar surface area (TPSA) is 71.3 Å². The van der Waals surface area contributed by atoms with E-state index in [-0.39, 0.29) is 12.5 Å². The lowest BCUT2D eigenvalue weighted by Crippen LogP contribution is -2.43. The third-order valence-corrected chi connectivity index (χ3v) is 7.52. The average Bonchev–Trinajstić information content (AvgIpc) is 3.41. The van der Waals surface area contributed by atoms with E-state index in [0.717, 1.165) is 44.6 Å². The summed E-state index contributed by atoms with van der Waals surface area (Å²) in [5, 5.41) is 4.32. The number of carbonyl (C=O) groups excluding carboxylic acids is 2. The van der Waals surface area contributed by atoms with Crippen LogP contribution in [-0.4, -0.2) is 62.6 Å². The molecule has 160 valence electrons. The number of carbonyl (C=O) groups is 2. The van der Waals surface area contributed by atoms with Crippen LogP contribution in [0.4, 0.5) is 0 Å². The summed E-state index contributed by atoms with van der Waals surface area (Å²) < 4.78 is 1.71. The molecule has 4 rings (SSSR count). The average molecular weight is 402 g/mol. The number of nitrogens with zero attached hydrogens (tertiary/aromatic N) is 5. The Labute approximate surface area is 173 Å². The van der Waals surface area contributed by atoms with Crippen molar-refractivity contribution in [2.24, 2.45) is 17.8 Å². The minimum absolute atomic E-state index is 0.130. The summed E-state index contributed by atoms with van der Waals surface area (Å²) in [7, 11) is 2.00. The van der Waals surface area contributed by atoms with Gasteiger partial charge in [-0.15, -0.1) is 0 Å². The Bertz CT molecular complexity index is 754. The number of likely N-dealkylation sites (tertiary alicyclic amines) is 1. The second-order valence-electron chi connectivity index (χ2n) is 9.50. The molecule has 0 bridgehead atoms. The van der Waals surface area contributed by atoms with Crippen molar-refractivity contribution in [1.82, 2.24) is 24.6 Å². The quantitative estimate of drug-likeness (QED) is 0.760. The Hall–Kier alpha value is -1.92. The standard InChI is InChI=1S/C22H35N5O2/c1-15-23-16(2)27(24-15)14-22(29)26-9-8-18-11-20(12-19(18)13-26)25(3)21(28)10-17-6-4-5-7-17/h17-20H,4-14H2,1-3H3/t18-,19-,20+/m1/s1. The number of aryl methyl sites for hydroxylation is 2. The predicted molar refractivity (Wildman–Crippen MR) is 110 cm³/mol. The van der Waals surface area contributed by atoms with Crippen molar-refractivity contribution in [1.29, 1.82) is 0 Å². The van der Waals surface area contributed by atoms with Gasteiger partial charge >= 0.3 is 0 Å². The number of piperidine rings is 1. The molecule has 3 aliphatic rings. The maximum absolute atomic E-state index is 12.8. The zero-order chi connectivity index (χ0) is 20.5. The summed E-state index contributed by atoms with van der Waals surface area (Å²) in [6.45, 7) is 5.64. The molecule has 2 saturated carbocycles. The molecular weight excluding hydrogens is 366 g/mol. The molecule has 2 amide bonds. The van der Waals surface area contributed by atoms with E-state index < -0.39 is 0 Å². The number of aromatic nitrogens is 3. The lowest BCUT2D eigenvalue weighted by molar-refractivity contribution is -0.135. The first-order chi connectivity index (χ1) is 13.9. The fourth-order valence-corrected chi connectivity index (χ4v) is 5.74.